The predicted molar refractivity (Wildman–Crippen MR) is 138 cm³/mol. The first-order valence-corrected chi connectivity index (χ1v) is 13.5. The highest BCUT2D eigenvalue weighted by molar-refractivity contribution is 6.16. The Bertz CT molecular complexity index is 753. The van der Waals surface area contributed by atoms with Crippen LogP contribution in [-0.2, 0) is 14.3 Å². The van der Waals surface area contributed by atoms with Crippen molar-refractivity contribution < 1.29 is 19.1 Å². The molecule has 5 heteroatoms. The van der Waals surface area contributed by atoms with E-state index >= 15 is 0 Å². The first-order valence-electron chi connectivity index (χ1n) is 13.5. The molecule has 188 valence electrons. The van der Waals surface area contributed by atoms with Gasteiger partial charge in [-0.3, -0.25) is 14.6 Å². The number of hydrogen-bond donors (Lipinski definition) is 0. The van der Waals surface area contributed by atoms with Gasteiger partial charge in [0.15, 0.2) is 0 Å². The number of rotatable bonds is 17. The minimum atomic E-state index is -0.723. The number of unbranched alkanes of at least 4 members (excludes halogenated alkanes) is 12. The molecule has 1 aromatic carbocycles. The molecule has 1 saturated carbocycles. The highest BCUT2D eigenvalue weighted by atomic mass is 16.5. The summed E-state index contributed by atoms with van der Waals surface area (Å²) >= 11 is 0. The third kappa shape index (κ3) is 11.2. The second-order valence-electron chi connectivity index (χ2n) is 9.47. The van der Waals surface area contributed by atoms with Crippen LogP contribution >= 0.6 is 0 Å². The average molecular weight is 470 g/mol. The molecule has 1 aliphatic rings. The molecular formula is C29H43NO4. The van der Waals surface area contributed by atoms with Crippen molar-refractivity contribution in [2.75, 3.05) is 6.61 Å². The Labute approximate surface area is 205 Å². The van der Waals surface area contributed by atoms with Crippen LogP contribution < -0.4 is 0 Å². The summed E-state index contributed by atoms with van der Waals surface area (Å²) in [6.45, 7) is 2.71. The fourth-order valence-corrected chi connectivity index (χ4v) is 4.31. The van der Waals surface area contributed by atoms with Gasteiger partial charge in [0.2, 0.25) is 0 Å². The van der Waals surface area contributed by atoms with Crippen LogP contribution in [-0.4, -0.2) is 30.4 Å². The van der Waals surface area contributed by atoms with Crippen LogP contribution in [0.15, 0.2) is 29.3 Å². The summed E-state index contributed by atoms with van der Waals surface area (Å²) in [6.07, 6.45) is 19.7. The van der Waals surface area contributed by atoms with Crippen LogP contribution in [0.2, 0.25) is 0 Å². The van der Waals surface area contributed by atoms with Crippen molar-refractivity contribution in [2.24, 2.45) is 10.9 Å². The third-order valence-electron chi connectivity index (χ3n) is 6.50. The lowest BCUT2D eigenvalue weighted by atomic mass is 9.87. The lowest BCUT2D eigenvalue weighted by Gasteiger charge is -2.14. The molecule has 0 amide bonds. The first-order chi connectivity index (χ1) is 16.6. The van der Waals surface area contributed by atoms with E-state index in [1.807, 2.05) is 0 Å². The smallest absolute Gasteiger partial charge is 0.338 e. The van der Waals surface area contributed by atoms with Gasteiger partial charge in [0, 0.05) is 19.1 Å². The van der Waals surface area contributed by atoms with Crippen LogP contribution in [0, 0.1) is 5.92 Å². The second-order valence-corrected chi connectivity index (χ2v) is 9.47. The molecule has 5 nitrogen and oxygen atoms in total. The highest BCUT2D eigenvalue weighted by Gasteiger charge is 2.28. The number of nitrogens with zero attached hydrogens (tertiary/aromatic N) is 1. The summed E-state index contributed by atoms with van der Waals surface area (Å²) in [5, 5.41) is 0. The number of aliphatic imine (C=N–C) groups is 1. The van der Waals surface area contributed by atoms with E-state index in [0.717, 1.165) is 12.8 Å². The number of benzene rings is 1. The number of Topliss-reactive ketones (excluding diaryl/α,β-unsaturated/α-hetero) is 2. The molecule has 0 spiro atoms. The van der Waals surface area contributed by atoms with E-state index in [1.165, 1.54) is 76.8 Å². The Morgan fingerprint density at radius 1 is 0.824 bits per heavy atom. The van der Waals surface area contributed by atoms with Crippen LogP contribution in [0.1, 0.15) is 120 Å². The van der Waals surface area contributed by atoms with Gasteiger partial charge in [-0.25, -0.2) is 4.79 Å². The molecule has 0 aliphatic heterocycles. The summed E-state index contributed by atoms with van der Waals surface area (Å²) in [4.78, 5) is 40.2. The highest BCUT2D eigenvalue weighted by Crippen LogP contribution is 2.19. The zero-order valence-corrected chi connectivity index (χ0v) is 21.1. The quantitative estimate of drug-likeness (QED) is 0.102. The maximum atomic E-state index is 12.2. The molecule has 0 saturated heterocycles. The van der Waals surface area contributed by atoms with Crippen LogP contribution in [0.5, 0.6) is 0 Å². The van der Waals surface area contributed by atoms with Crippen molar-refractivity contribution in [3.8, 4) is 0 Å². The maximum absolute atomic E-state index is 12.2. The molecule has 0 N–H and O–H groups in total. The summed E-state index contributed by atoms with van der Waals surface area (Å²) in [5.74, 6) is -1.17. The molecule has 34 heavy (non-hydrogen) atoms. The van der Waals surface area contributed by atoms with Gasteiger partial charge in [-0.2, -0.15) is 0 Å². The van der Waals surface area contributed by atoms with Crippen LogP contribution in [0.4, 0.5) is 5.69 Å². The maximum Gasteiger partial charge on any atom is 0.338 e. The van der Waals surface area contributed by atoms with Crippen molar-refractivity contribution in [3.05, 3.63) is 29.8 Å². The van der Waals surface area contributed by atoms with Gasteiger partial charge < -0.3 is 4.74 Å². The molecule has 1 fully saturated rings. The third-order valence-corrected chi connectivity index (χ3v) is 6.50. The van der Waals surface area contributed by atoms with Crippen molar-refractivity contribution >= 4 is 29.4 Å². The van der Waals surface area contributed by atoms with Crippen molar-refractivity contribution in [1.82, 2.24) is 0 Å². The lowest BCUT2D eigenvalue weighted by Crippen LogP contribution is -2.29. The van der Waals surface area contributed by atoms with Gasteiger partial charge >= 0.3 is 5.97 Å². The van der Waals surface area contributed by atoms with Gasteiger partial charge in [-0.15, -0.1) is 0 Å². The Kier molecular flexibility index (Phi) is 14.1. The Morgan fingerprint density at radius 3 is 1.85 bits per heavy atom. The lowest BCUT2D eigenvalue weighted by molar-refractivity contribution is -0.132. The number of esters is 1. The van der Waals surface area contributed by atoms with Gasteiger partial charge in [0.25, 0.3) is 0 Å². The number of hydrogen-bond acceptors (Lipinski definition) is 5. The number of ketones is 2. The monoisotopic (exact) mass is 469 g/mol. The summed E-state index contributed by atoms with van der Waals surface area (Å²) in [5.41, 5.74) is 1.10. The van der Waals surface area contributed by atoms with Gasteiger partial charge in [-0.05, 0) is 37.1 Å². The zero-order chi connectivity index (χ0) is 24.4. The van der Waals surface area contributed by atoms with E-state index in [-0.39, 0.29) is 17.5 Å². The molecule has 0 radical (unpaired) electrons. The Morgan fingerprint density at radius 2 is 1.32 bits per heavy atom. The standard InChI is InChI=1S/C29H43NO4/c1-2-3-4-5-6-7-8-9-10-11-12-13-14-22-34-29(33)24-18-20-25(21-19-24)30-23-26-27(31)16-15-17-28(26)32/h18-21,23,26H,2-17,22H2,1H3. The molecule has 1 aromatic rings. The number of carbonyl (C=O) groups is 3. The molecular weight excluding hydrogens is 426 g/mol. The van der Waals surface area contributed by atoms with Gasteiger partial charge in [0.1, 0.15) is 17.5 Å². The van der Waals surface area contributed by atoms with E-state index in [2.05, 4.69) is 11.9 Å². The summed E-state index contributed by atoms with van der Waals surface area (Å²) in [7, 11) is 0. The molecule has 2 rings (SSSR count). The van der Waals surface area contributed by atoms with E-state index in [4.69, 9.17) is 4.74 Å². The number of ether oxygens (including phenoxy) is 1. The second kappa shape index (κ2) is 17.2. The Balaban J connectivity index is 1.51. The minimum absolute atomic E-state index is 0.0617. The van der Waals surface area contributed by atoms with Crippen molar-refractivity contribution in [3.63, 3.8) is 0 Å². The van der Waals surface area contributed by atoms with E-state index in [9.17, 15) is 14.4 Å². The predicted octanol–water partition coefficient (Wildman–Crippen LogP) is 7.58. The zero-order valence-electron chi connectivity index (χ0n) is 21.1. The summed E-state index contributed by atoms with van der Waals surface area (Å²) in [6, 6.07) is 6.75. The average Bonchev–Trinajstić information content (AvgIpc) is 2.84. The Hall–Kier alpha value is -2.30. The molecule has 0 atom stereocenters. The van der Waals surface area contributed by atoms with E-state index < -0.39 is 5.92 Å². The normalized spacial score (nSPS) is 14.7. The fourth-order valence-electron chi connectivity index (χ4n) is 4.31. The SMILES string of the molecule is CCCCCCCCCCCCCCCOC(=O)c1ccc(N=CC2C(=O)CCCC2=O)cc1. The van der Waals surface area contributed by atoms with E-state index in [0.29, 0.717) is 37.1 Å². The number of carbonyl (C=O) groups excluding carboxylic acids is 3. The summed E-state index contributed by atoms with van der Waals surface area (Å²) < 4.78 is 5.38. The molecule has 1 aliphatic carbocycles. The molecule has 0 unspecified atom stereocenters. The van der Waals surface area contributed by atoms with Gasteiger partial charge in [-0.1, -0.05) is 84.0 Å². The van der Waals surface area contributed by atoms with Crippen LogP contribution in [0.3, 0.4) is 0 Å². The van der Waals surface area contributed by atoms with E-state index in [1.54, 1.807) is 24.3 Å². The molecule has 0 bridgehead atoms. The van der Waals surface area contributed by atoms with Crippen molar-refractivity contribution in [1.29, 1.82) is 0 Å². The van der Waals surface area contributed by atoms with Crippen LogP contribution in [0.25, 0.3) is 0 Å². The van der Waals surface area contributed by atoms with Crippen molar-refractivity contribution in [2.45, 2.75) is 110 Å². The van der Waals surface area contributed by atoms with Gasteiger partial charge in [0.05, 0.1) is 17.9 Å². The molecule has 0 aromatic heterocycles. The largest absolute Gasteiger partial charge is 0.462 e. The topological polar surface area (TPSA) is 72.8 Å². The fraction of sp³-hybridized carbons (Fsp3) is 0.655. The molecule has 0 heterocycles. The first kappa shape index (κ1) is 27.9. The minimum Gasteiger partial charge on any atom is -0.462 e.